The molecule has 0 radical (unpaired) electrons. The van der Waals surface area contributed by atoms with Gasteiger partial charge in [-0.25, -0.2) is 0 Å². The van der Waals surface area contributed by atoms with Crippen molar-refractivity contribution < 1.29 is 14.1 Å². The number of nitro groups is 1. The molecular weight excluding hydrogens is 264 g/mol. The van der Waals surface area contributed by atoms with Crippen molar-refractivity contribution in [2.45, 2.75) is 13.0 Å². The number of nitrogens with one attached hydrogen (secondary N) is 1. The molecule has 0 aliphatic carbocycles. The Morgan fingerprint density at radius 3 is 2.80 bits per heavy atom. The highest BCUT2D eigenvalue weighted by Crippen LogP contribution is 2.27. The molecule has 0 bridgehead atoms. The van der Waals surface area contributed by atoms with E-state index in [0.717, 1.165) is 0 Å². The minimum Gasteiger partial charge on any atom is -0.423 e. The molecule has 8 nitrogen and oxygen atoms in total. The zero-order valence-electron chi connectivity index (χ0n) is 11.3. The van der Waals surface area contributed by atoms with Crippen LogP contribution in [0.2, 0.25) is 0 Å². The van der Waals surface area contributed by atoms with Gasteiger partial charge in [0.2, 0.25) is 5.91 Å². The van der Waals surface area contributed by atoms with Crippen LogP contribution in [0.15, 0.2) is 22.6 Å². The van der Waals surface area contributed by atoms with Crippen molar-refractivity contribution in [1.82, 2.24) is 9.88 Å². The molecule has 106 valence electrons. The summed E-state index contributed by atoms with van der Waals surface area (Å²) in [5, 5.41) is 13.7. The molecule has 0 saturated heterocycles. The topological polar surface area (TPSA) is 102 Å². The normalized spacial score (nSPS) is 12.2. The number of benzene rings is 1. The summed E-state index contributed by atoms with van der Waals surface area (Å²) >= 11 is 0. The molecule has 1 atom stereocenters. The summed E-state index contributed by atoms with van der Waals surface area (Å²) in [5.41, 5.74) is 0.321. The molecule has 1 amide bonds. The first-order valence-electron chi connectivity index (χ1n) is 5.92. The number of para-hydroxylation sites is 1. The van der Waals surface area contributed by atoms with Crippen molar-refractivity contribution in [1.29, 1.82) is 0 Å². The van der Waals surface area contributed by atoms with Gasteiger partial charge in [-0.15, -0.1) is 0 Å². The Labute approximate surface area is 114 Å². The lowest BCUT2D eigenvalue weighted by Crippen LogP contribution is -2.36. The predicted molar refractivity (Wildman–Crippen MR) is 72.4 cm³/mol. The zero-order chi connectivity index (χ0) is 14.9. The van der Waals surface area contributed by atoms with E-state index in [1.54, 1.807) is 27.1 Å². The molecule has 2 aromatic rings. The second kappa shape index (κ2) is 5.16. The van der Waals surface area contributed by atoms with E-state index in [1.807, 2.05) is 0 Å². The number of amides is 1. The van der Waals surface area contributed by atoms with Gasteiger partial charge >= 0.3 is 0 Å². The maximum Gasteiger partial charge on any atom is 0.298 e. The number of fused-ring (bicyclic) bond motifs is 1. The van der Waals surface area contributed by atoms with E-state index in [2.05, 4.69) is 10.3 Å². The van der Waals surface area contributed by atoms with Gasteiger partial charge in [-0.3, -0.25) is 14.9 Å². The Morgan fingerprint density at radius 2 is 2.20 bits per heavy atom. The van der Waals surface area contributed by atoms with Gasteiger partial charge in [-0.1, -0.05) is 6.07 Å². The number of carbonyl (C=O) groups is 1. The zero-order valence-corrected chi connectivity index (χ0v) is 11.3. The molecule has 0 saturated carbocycles. The number of hydrogen-bond donors (Lipinski definition) is 1. The molecule has 1 unspecified atom stereocenters. The molecule has 2 rings (SSSR count). The van der Waals surface area contributed by atoms with E-state index >= 15 is 0 Å². The minimum absolute atomic E-state index is 0.0806. The summed E-state index contributed by atoms with van der Waals surface area (Å²) in [5.74, 6) is -0.151. The van der Waals surface area contributed by atoms with Gasteiger partial charge in [-0.2, -0.15) is 4.98 Å². The van der Waals surface area contributed by atoms with Gasteiger partial charge in [-0.05, 0) is 13.0 Å². The van der Waals surface area contributed by atoms with Crippen LogP contribution in [-0.2, 0) is 4.79 Å². The molecule has 1 N–H and O–H groups in total. The van der Waals surface area contributed by atoms with Gasteiger partial charge in [0.05, 0.1) is 4.92 Å². The molecule has 0 fully saturated rings. The van der Waals surface area contributed by atoms with Gasteiger partial charge in [0.1, 0.15) is 6.04 Å². The summed E-state index contributed by atoms with van der Waals surface area (Å²) in [4.78, 5) is 27.5. The maximum absolute atomic E-state index is 11.7. The Bertz CT molecular complexity index is 665. The van der Waals surface area contributed by atoms with Crippen LogP contribution in [0.1, 0.15) is 6.92 Å². The van der Waals surface area contributed by atoms with Gasteiger partial charge in [0, 0.05) is 20.2 Å². The third kappa shape index (κ3) is 2.53. The summed E-state index contributed by atoms with van der Waals surface area (Å²) in [7, 11) is 3.27. The quantitative estimate of drug-likeness (QED) is 0.673. The molecule has 8 heteroatoms. The van der Waals surface area contributed by atoms with Crippen LogP contribution >= 0.6 is 0 Å². The minimum atomic E-state index is -0.544. The second-order valence-corrected chi connectivity index (χ2v) is 4.50. The lowest BCUT2D eigenvalue weighted by molar-refractivity contribution is -0.383. The molecular formula is C12H14N4O4. The van der Waals surface area contributed by atoms with Gasteiger partial charge < -0.3 is 14.6 Å². The highest BCUT2D eigenvalue weighted by atomic mass is 16.6. The lowest BCUT2D eigenvalue weighted by atomic mass is 10.3. The number of non-ortho nitro benzene ring substituents is 1. The van der Waals surface area contributed by atoms with E-state index in [9.17, 15) is 14.9 Å². The molecule has 1 aromatic heterocycles. The average Bonchev–Trinajstić information content (AvgIpc) is 2.78. The van der Waals surface area contributed by atoms with Crippen LogP contribution < -0.4 is 5.32 Å². The fourth-order valence-corrected chi connectivity index (χ4v) is 1.78. The molecule has 0 aliphatic heterocycles. The summed E-state index contributed by atoms with van der Waals surface area (Å²) < 4.78 is 5.36. The number of nitrogens with zero attached hydrogens (tertiary/aromatic N) is 3. The van der Waals surface area contributed by atoms with Crippen molar-refractivity contribution in [3.05, 3.63) is 28.3 Å². The van der Waals surface area contributed by atoms with Crippen LogP contribution in [0, 0.1) is 10.1 Å². The van der Waals surface area contributed by atoms with Crippen molar-refractivity contribution in [3.8, 4) is 0 Å². The molecule has 20 heavy (non-hydrogen) atoms. The van der Waals surface area contributed by atoms with Gasteiger partial charge in [0.15, 0.2) is 11.1 Å². The first kappa shape index (κ1) is 13.8. The van der Waals surface area contributed by atoms with Crippen LogP contribution in [0.3, 0.4) is 0 Å². The van der Waals surface area contributed by atoms with Gasteiger partial charge in [0.25, 0.3) is 11.7 Å². The molecule has 1 aromatic carbocycles. The third-order valence-electron chi connectivity index (χ3n) is 2.75. The fraction of sp³-hybridized carbons (Fsp3) is 0.333. The number of hydrogen-bond acceptors (Lipinski definition) is 6. The Morgan fingerprint density at radius 1 is 1.50 bits per heavy atom. The van der Waals surface area contributed by atoms with Crippen molar-refractivity contribution in [2.24, 2.45) is 0 Å². The fourth-order valence-electron chi connectivity index (χ4n) is 1.78. The number of likely N-dealkylation sites (N-methyl/N-ethyl adjacent to an activating group) is 1. The van der Waals surface area contributed by atoms with Crippen molar-refractivity contribution >= 4 is 28.7 Å². The second-order valence-electron chi connectivity index (χ2n) is 4.50. The number of aromatic nitrogens is 1. The van der Waals surface area contributed by atoms with Crippen LogP contribution in [-0.4, -0.2) is 40.9 Å². The van der Waals surface area contributed by atoms with E-state index in [-0.39, 0.29) is 23.1 Å². The van der Waals surface area contributed by atoms with E-state index < -0.39 is 11.0 Å². The number of nitro benzene ring substituents is 1. The smallest absolute Gasteiger partial charge is 0.298 e. The average molecular weight is 278 g/mol. The monoisotopic (exact) mass is 278 g/mol. The molecule has 0 aliphatic rings. The van der Waals surface area contributed by atoms with Crippen LogP contribution in [0.4, 0.5) is 11.7 Å². The van der Waals surface area contributed by atoms with Crippen LogP contribution in [0.5, 0.6) is 0 Å². The standard InChI is InChI=1S/C12H14N4O4/c1-7(11(17)15(2)3)13-12-14-10-8(16(18)19)5-4-6-9(10)20-12/h4-7H,1-3H3,(H,13,14). The first-order chi connectivity index (χ1) is 9.40. The number of carbonyl (C=O) groups excluding carboxylic acids is 1. The Balaban J connectivity index is 2.31. The predicted octanol–water partition coefficient (Wildman–Crippen LogP) is 1.62. The van der Waals surface area contributed by atoms with Crippen molar-refractivity contribution in [2.75, 3.05) is 19.4 Å². The first-order valence-corrected chi connectivity index (χ1v) is 5.92. The summed E-state index contributed by atoms with van der Waals surface area (Å²) in [6.07, 6.45) is 0. The Hall–Kier alpha value is -2.64. The third-order valence-corrected chi connectivity index (χ3v) is 2.75. The number of anilines is 1. The molecule has 0 spiro atoms. The van der Waals surface area contributed by atoms with E-state index in [0.29, 0.717) is 5.58 Å². The highest BCUT2D eigenvalue weighted by Gasteiger charge is 2.20. The van der Waals surface area contributed by atoms with E-state index in [4.69, 9.17) is 4.42 Å². The van der Waals surface area contributed by atoms with E-state index in [1.165, 1.54) is 17.0 Å². The lowest BCUT2D eigenvalue weighted by Gasteiger charge is -2.16. The maximum atomic E-state index is 11.7. The molecule has 1 heterocycles. The number of rotatable bonds is 4. The van der Waals surface area contributed by atoms with Crippen molar-refractivity contribution in [3.63, 3.8) is 0 Å². The summed E-state index contributed by atoms with van der Waals surface area (Å²) in [6, 6.07) is 3.99. The summed E-state index contributed by atoms with van der Waals surface area (Å²) in [6.45, 7) is 1.66. The largest absolute Gasteiger partial charge is 0.423 e. The number of oxazole rings is 1. The van der Waals surface area contributed by atoms with Crippen LogP contribution in [0.25, 0.3) is 11.1 Å². The Kier molecular flexibility index (Phi) is 3.55. The highest BCUT2D eigenvalue weighted by molar-refractivity contribution is 5.86. The SMILES string of the molecule is CC(Nc1nc2c([N+](=O)[O-])cccc2o1)C(=O)N(C)C.